The molecule has 0 saturated heterocycles. The second-order valence-electron chi connectivity index (χ2n) is 8.96. The SMILES string of the molecule is COc1cc(/C=N\NC(=O)[C@H](CC(C)C)NC(=O)[C@H](C)Oc2ccc(Cl)cc2Cl)cc(I)c1OC(C)C. The van der Waals surface area contributed by atoms with Gasteiger partial charge < -0.3 is 19.5 Å². The smallest absolute Gasteiger partial charge is 0.262 e. The molecule has 0 aliphatic rings. The van der Waals surface area contributed by atoms with Crippen LogP contribution in [0, 0.1) is 9.49 Å². The standard InChI is InChI=1S/C26H32Cl2IN3O5/c1-14(2)9-21(31-25(33)16(5)37-22-8-7-18(27)12-19(22)28)26(34)32-30-13-17-10-20(29)24(36-15(3)4)23(11-17)35-6/h7-8,10-16,21H,9H2,1-6H3,(H,31,33)(H,32,34)/b30-13-/t16-,21-/m0/s1. The highest BCUT2D eigenvalue weighted by Gasteiger charge is 2.25. The summed E-state index contributed by atoms with van der Waals surface area (Å²) in [5.74, 6) is 0.759. The van der Waals surface area contributed by atoms with Crippen molar-refractivity contribution in [1.82, 2.24) is 10.7 Å². The molecule has 2 atom stereocenters. The molecule has 8 nitrogen and oxygen atoms in total. The van der Waals surface area contributed by atoms with Gasteiger partial charge in [0.1, 0.15) is 11.8 Å². The van der Waals surface area contributed by atoms with E-state index in [1.165, 1.54) is 12.3 Å². The third kappa shape index (κ3) is 9.86. The van der Waals surface area contributed by atoms with Gasteiger partial charge in [0.05, 0.1) is 28.0 Å². The fourth-order valence-electron chi connectivity index (χ4n) is 3.22. The van der Waals surface area contributed by atoms with Gasteiger partial charge in [-0.25, -0.2) is 5.43 Å². The molecule has 0 radical (unpaired) electrons. The minimum absolute atomic E-state index is 0.00869. The fourth-order valence-corrected chi connectivity index (χ4v) is 4.43. The van der Waals surface area contributed by atoms with Crippen LogP contribution in [-0.4, -0.2) is 43.4 Å². The summed E-state index contributed by atoms with van der Waals surface area (Å²) in [5, 5.41) is 7.56. The van der Waals surface area contributed by atoms with Gasteiger partial charge in [0, 0.05) is 5.02 Å². The number of carbonyl (C=O) groups excluding carboxylic acids is 2. The monoisotopic (exact) mass is 663 g/mol. The van der Waals surface area contributed by atoms with Gasteiger partial charge in [-0.05, 0) is 91.6 Å². The zero-order chi connectivity index (χ0) is 27.7. The second-order valence-corrected chi connectivity index (χ2v) is 11.0. The third-order valence-electron chi connectivity index (χ3n) is 4.90. The lowest BCUT2D eigenvalue weighted by molar-refractivity contribution is -0.132. The van der Waals surface area contributed by atoms with E-state index in [-0.39, 0.29) is 17.0 Å². The summed E-state index contributed by atoms with van der Waals surface area (Å²) >= 11 is 14.2. The number of nitrogens with one attached hydrogen (secondary N) is 2. The van der Waals surface area contributed by atoms with Crippen LogP contribution >= 0.6 is 45.8 Å². The van der Waals surface area contributed by atoms with E-state index in [1.807, 2.05) is 33.8 Å². The zero-order valence-electron chi connectivity index (χ0n) is 21.6. The Morgan fingerprint density at radius 3 is 2.32 bits per heavy atom. The van der Waals surface area contributed by atoms with Crippen LogP contribution in [0.15, 0.2) is 35.4 Å². The van der Waals surface area contributed by atoms with Gasteiger partial charge in [-0.2, -0.15) is 5.10 Å². The quantitative estimate of drug-likeness (QED) is 0.169. The van der Waals surface area contributed by atoms with Crippen molar-refractivity contribution >= 4 is 63.8 Å². The van der Waals surface area contributed by atoms with Crippen molar-refractivity contribution in [3.8, 4) is 17.2 Å². The van der Waals surface area contributed by atoms with E-state index in [4.69, 9.17) is 37.4 Å². The van der Waals surface area contributed by atoms with Crippen LogP contribution in [0.5, 0.6) is 17.2 Å². The van der Waals surface area contributed by atoms with E-state index in [2.05, 4.69) is 38.4 Å². The predicted molar refractivity (Wildman–Crippen MR) is 155 cm³/mol. The molecule has 0 saturated carbocycles. The second kappa shape index (κ2) is 14.6. The molecular weight excluding hydrogens is 632 g/mol. The normalized spacial score (nSPS) is 12.9. The molecule has 202 valence electrons. The number of halogens is 3. The number of rotatable bonds is 12. The molecule has 0 unspecified atom stereocenters. The van der Waals surface area contributed by atoms with Gasteiger partial charge in [0.2, 0.25) is 0 Å². The lowest BCUT2D eigenvalue weighted by Crippen LogP contribution is -2.49. The largest absolute Gasteiger partial charge is 0.493 e. The number of methoxy groups -OCH3 is 1. The number of hydrogen-bond acceptors (Lipinski definition) is 6. The minimum atomic E-state index is -0.897. The van der Waals surface area contributed by atoms with Gasteiger partial charge in [0.15, 0.2) is 17.6 Å². The summed E-state index contributed by atoms with van der Waals surface area (Å²) in [6.07, 6.45) is 1.01. The topological polar surface area (TPSA) is 98.2 Å². The molecule has 2 amide bonds. The highest BCUT2D eigenvalue weighted by Crippen LogP contribution is 2.34. The van der Waals surface area contributed by atoms with Crippen molar-refractivity contribution < 1.29 is 23.8 Å². The first kappa shape index (κ1) is 31.0. The molecule has 11 heteroatoms. The number of hydrazone groups is 1. The maximum atomic E-state index is 12.9. The summed E-state index contributed by atoms with van der Waals surface area (Å²) in [5.41, 5.74) is 3.23. The van der Waals surface area contributed by atoms with Crippen molar-refractivity contribution in [1.29, 1.82) is 0 Å². The average molecular weight is 664 g/mol. The van der Waals surface area contributed by atoms with Crippen LogP contribution in [0.4, 0.5) is 0 Å². The van der Waals surface area contributed by atoms with Crippen molar-refractivity contribution in [3.05, 3.63) is 49.5 Å². The molecule has 2 rings (SSSR count). The Morgan fingerprint density at radius 1 is 1.03 bits per heavy atom. The van der Waals surface area contributed by atoms with E-state index in [1.54, 1.807) is 32.2 Å². The molecule has 0 bridgehead atoms. The molecule has 37 heavy (non-hydrogen) atoms. The fraction of sp³-hybridized carbons (Fsp3) is 0.423. The third-order valence-corrected chi connectivity index (χ3v) is 6.23. The minimum Gasteiger partial charge on any atom is -0.493 e. The Morgan fingerprint density at radius 2 is 1.73 bits per heavy atom. The lowest BCUT2D eigenvalue weighted by Gasteiger charge is -2.22. The molecule has 2 aromatic rings. The summed E-state index contributed by atoms with van der Waals surface area (Å²) in [7, 11) is 1.56. The number of benzene rings is 2. The van der Waals surface area contributed by atoms with Gasteiger partial charge in [-0.1, -0.05) is 37.0 Å². The average Bonchev–Trinajstić information content (AvgIpc) is 2.81. The Kier molecular flexibility index (Phi) is 12.3. The number of amides is 2. The first-order valence-corrected chi connectivity index (χ1v) is 13.5. The number of hydrogen-bond donors (Lipinski definition) is 2. The van der Waals surface area contributed by atoms with Crippen LogP contribution in [0.3, 0.4) is 0 Å². The number of ether oxygens (including phenoxy) is 3. The highest BCUT2D eigenvalue weighted by atomic mass is 127. The van der Waals surface area contributed by atoms with Crippen LogP contribution in [0.1, 0.15) is 46.6 Å². The molecule has 0 spiro atoms. The Hall–Kier alpha value is -2.24. The summed E-state index contributed by atoms with van der Waals surface area (Å²) < 4.78 is 17.8. The van der Waals surface area contributed by atoms with E-state index in [0.29, 0.717) is 34.3 Å². The molecule has 2 N–H and O–H groups in total. The van der Waals surface area contributed by atoms with Gasteiger partial charge >= 0.3 is 0 Å². The number of carbonyl (C=O) groups is 2. The molecule has 0 aliphatic carbocycles. The van der Waals surface area contributed by atoms with Gasteiger partial charge in [0.25, 0.3) is 11.8 Å². The van der Waals surface area contributed by atoms with Crippen molar-refractivity contribution in [2.24, 2.45) is 11.0 Å². The summed E-state index contributed by atoms with van der Waals surface area (Å²) in [6, 6.07) is 7.54. The first-order chi connectivity index (χ1) is 17.4. The van der Waals surface area contributed by atoms with Gasteiger partial charge in [-0.15, -0.1) is 0 Å². The van der Waals surface area contributed by atoms with Crippen LogP contribution in [-0.2, 0) is 9.59 Å². The highest BCUT2D eigenvalue weighted by molar-refractivity contribution is 14.1. The Balaban J connectivity index is 2.07. The Bertz CT molecular complexity index is 1130. The van der Waals surface area contributed by atoms with E-state index in [9.17, 15) is 9.59 Å². The van der Waals surface area contributed by atoms with Crippen molar-refractivity contribution in [3.63, 3.8) is 0 Å². The van der Waals surface area contributed by atoms with Gasteiger partial charge in [-0.3, -0.25) is 9.59 Å². The zero-order valence-corrected chi connectivity index (χ0v) is 25.3. The summed E-state index contributed by atoms with van der Waals surface area (Å²) in [6.45, 7) is 9.36. The summed E-state index contributed by atoms with van der Waals surface area (Å²) in [4.78, 5) is 25.7. The molecule has 0 aromatic heterocycles. The molecular formula is C26H32Cl2IN3O5. The maximum absolute atomic E-state index is 12.9. The first-order valence-electron chi connectivity index (χ1n) is 11.7. The molecule has 0 aliphatic heterocycles. The molecule has 0 fully saturated rings. The molecule has 0 heterocycles. The van der Waals surface area contributed by atoms with Crippen molar-refractivity contribution in [2.45, 2.75) is 59.3 Å². The van der Waals surface area contributed by atoms with E-state index in [0.717, 1.165) is 3.57 Å². The maximum Gasteiger partial charge on any atom is 0.262 e. The molecule has 2 aromatic carbocycles. The predicted octanol–water partition coefficient (Wildman–Crippen LogP) is 5.84. The van der Waals surface area contributed by atoms with E-state index >= 15 is 0 Å². The number of nitrogens with zero attached hydrogens (tertiary/aromatic N) is 1. The lowest BCUT2D eigenvalue weighted by atomic mass is 10.0. The van der Waals surface area contributed by atoms with Crippen LogP contribution in [0.2, 0.25) is 10.0 Å². The van der Waals surface area contributed by atoms with Crippen LogP contribution < -0.4 is 25.0 Å². The van der Waals surface area contributed by atoms with Crippen molar-refractivity contribution in [2.75, 3.05) is 7.11 Å². The Labute approximate surface area is 241 Å². The van der Waals surface area contributed by atoms with E-state index < -0.39 is 24.0 Å². The van der Waals surface area contributed by atoms with Crippen LogP contribution in [0.25, 0.3) is 0 Å².